The molecule has 11 heteroatoms. The van der Waals surface area contributed by atoms with Crippen LogP contribution in [0.5, 0.6) is 5.75 Å². The van der Waals surface area contributed by atoms with Crippen molar-refractivity contribution >= 4 is 21.5 Å². The van der Waals surface area contributed by atoms with Gasteiger partial charge in [-0.15, -0.1) is 0 Å². The number of anilines is 1. The zero-order valence-electron chi connectivity index (χ0n) is 20.9. The number of hydrogen-bond donors (Lipinski definition) is 3. The summed E-state index contributed by atoms with van der Waals surface area (Å²) in [7, 11) is -0.101. The standard InChI is InChI=1S/C26H29FN6O3S/c1-16(4-5-17-6-8-20(36-3)9-7-17)22-11-10-21-23(37(29,35)32-22)15-33(2)25(21)26(34)31-18-12-19(14-28)30-24(27)13-18/h6-9,12-13,15-16,22H,4-5,10-11H2,1-3H3,(H2,29,32,35)(H,30,31,34)/t16-,22+,37?/m0/s1. The van der Waals surface area contributed by atoms with E-state index in [0.29, 0.717) is 18.4 Å². The van der Waals surface area contributed by atoms with E-state index in [9.17, 15) is 13.4 Å². The number of rotatable bonds is 7. The lowest BCUT2D eigenvalue weighted by molar-refractivity contribution is 0.101. The van der Waals surface area contributed by atoms with Gasteiger partial charge in [-0.3, -0.25) is 4.79 Å². The van der Waals surface area contributed by atoms with Crippen molar-refractivity contribution < 1.29 is 18.1 Å². The maximum absolute atomic E-state index is 13.7. The fourth-order valence-corrected chi connectivity index (χ4v) is 6.43. The van der Waals surface area contributed by atoms with Gasteiger partial charge in [0.05, 0.1) is 12.0 Å². The summed E-state index contributed by atoms with van der Waals surface area (Å²) in [5.41, 5.74) is 1.88. The number of halogens is 1. The molecule has 2 aromatic heterocycles. The number of carbonyl (C=O) groups excluding carboxylic acids is 1. The molecule has 1 aliphatic rings. The minimum atomic E-state index is -3.37. The van der Waals surface area contributed by atoms with Gasteiger partial charge in [-0.25, -0.2) is 18.7 Å². The highest BCUT2D eigenvalue weighted by atomic mass is 32.2. The summed E-state index contributed by atoms with van der Waals surface area (Å²) >= 11 is 0. The van der Waals surface area contributed by atoms with Crippen LogP contribution in [0, 0.1) is 28.0 Å². The zero-order valence-corrected chi connectivity index (χ0v) is 21.7. The Labute approximate surface area is 215 Å². The molecule has 1 amide bonds. The Balaban J connectivity index is 1.51. The van der Waals surface area contributed by atoms with Crippen LogP contribution >= 0.6 is 0 Å². The molecule has 1 aliphatic heterocycles. The van der Waals surface area contributed by atoms with Gasteiger partial charge in [0.25, 0.3) is 5.91 Å². The van der Waals surface area contributed by atoms with Crippen molar-refractivity contribution in [3.05, 3.63) is 71.1 Å². The third-order valence-corrected chi connectivity index (χ3v) is 8.30. The zero-order chi connectivity index (χ0) is 26.7. The molecular weight excluding hydrogens is 495 g/mol. The van der Waals surface area contributed by atoms with Crippen molar-refractivity contribution in [2.24, 2.45) is 13.0 Å². The van der Waals surface area contributed by atoms with Crippen LogP contribution in [0.1, 0.15) is 47.1 Å². The Morgan fingerprint density at radius 3 is 2.81 bits per heavy atom. The molecule has 1 unspecified atom stereocenters. The molecule has 9 nitrogen and oxygen atoms in total. The van der Waals surface area contributed by atoms with Crippen molar-refractivity contribution in [2.75, 3.05) is 12.4 Å². The molecule has 0 saturated heterocycles. The first-order chi connectivity index (χ1) is 17.6. The molecule has 4 rings (SSSR count). The highest BCUT2D eigenvalue weighted by Crippen LogP contribution is 2.31. The first kappa shape index (κ1) is 26.3. The number of carbonyl (C=O) groups is 1. The molecule has 0 aliphatic carbocycles. The fraction of sp³-hybridized carbons (Fsp3) is 0.346. The summed E-state index contributed by atoms with van der Waals surface area (Å²) in [5, 5.41) is 11.6. The first-order valence-corrected chi connectivity index (χ1v) is 13.4. The summed E-state index contributed by atoms with van der Waals surface area (Å²) in [6.07, 6.45) is 4.26. The van der Waals surface area contributed by atoms with Crippen LogP contribution in [0.25, 0.3) is 0 Å². The molecule has 3 aromatic rings. The average molecular weight is 525 g/mol. The highest BCUT2D eigenvalue weighted by molar-refractivity contribution is 7.90. The van der Waals surface area contributed by atoms with Crippen LogP contribution in [-0.4, -0.2) is 32.8 Å². The SMILES string of the molecule is COc1ccc(CC[C@H](C)[C@H]2CCc3c(cn(C)c3C(=O)Nc3cc(F)nc(C#N)c3)S(=N)(=O)N2)cc1. The smallest absolute Gasteiger partial charge is 0.272 e. The lowest BCUT2D eigenvalue weighted by atomic mass is 9.91. The van der Waals surface area contributed by atoms with E-state index in [1.165, 1.54) is 16.2 Å². The number of nitrogens with zero attached hydrogens (tertiary/aromatic N) is 3. The minimum absolute atomic E-state index is 0.0902. The third-order valence-electron chi connectivity index (χ3n) is 6.70. The van der Waals surface area contributed by atoms with Crippen LogP contribution in [0.3, 0.4) is 0 Å². The van der Waals surface area contributed by atoms with Gasteiger partial charge in [0.1, 0.15) is 33.1 Å². The summed E-state index contributed by atoms with van der Waals surface area (Å²) < 4.78 is 45.7. The number of nitrogens with one attached hydrogen (secondary N) is 3. The number of nitriles is 1. The largest absolute Gasteiger partial charge is 0.497 e. The number of aryl methyl sites for hydroxylation is 2. The predicted octanol–water partition coefficient (Wildman–Crippen LogP) is 4.19. The van der Waals surface area contributed by atoms with Gasteiger partial charge in [-0.2, -0.15) is 9.65 Å². The Kier molecular flexibility index (Phi) is 7.61. The van der Waals surface area contributed by atoms with E-state index in [4.69, 9.17) is 14.8 Å². The number of amides is 1. The van der Waals surface area contributed by atoms with E-state index in [1.807, 2.05) is 24.3 Å². The van der Waals surface area contributed by atoms with Crippen molar-refractivity contribution in [3.8, 4) is 11.8 Å². The number of hydrogen-bond acceptors (Lipinski definition) is 6. The molecule has 1 aromatic carbocycles. The molecule has 0 spiro atoms. The normalized spacial score (nSPS) is 19.8. The lowest BCUT2D eigenvalue weighted by Crippen LogP contribution is -2.37. The van der Waals surface area contributed by atoms with Crippen LogP contribution in [-0.2, 0) is 29.8 Å². The van der Waals surface area contributed by atoms with Gasteiger partial charge in [0, 0.05) is 36.6 Å². The van der Waals surface area contributed by atoms with E-state index < -0.39 is 21.8 Å². The maximum atomic E-state index is 13.7. The van der Waals surface area contributed by atoms with Gasteiger partial charge in [-0.05, 0) is 55.4 Å². The van der Waals surface area contributed by atoms with E-state index in [2.05, 4.69) is 21.9 Å². The summed E-state index contributed by atoms with van der Waals surface area (Å²) in [6, 6.07) is 11.8. The molecule has 37 heavy (non-hydrogen) atoms. The Bertz CT molecular complexity index is 1460. The van der Waals surface area contributed by atoms with Crippen molar-refractivity contribution in [2.45, 2.75) is 43.5 Å². The molecular formula is C26H29FN6O3S. The highest BCUT2D eigenvalue weighted by Gasteiger charge is 2.32. The molecule has 0 saturated carbocycles. The van der Waals surface area contributed by atoms with Gasteiger partial charge in [0.2, 0.25) is 5.95 Å². The van der Waals surface area contributed by atoms with Crippen LogP contribution < -0.4 is 14.8 Å². The van der Waals surface area contributed by atoms with Crippen LogP contribution in [0.4, 0.5) is 10.1 Å². The Morgan fingerprint density at radius 2 is 2.14 bits per heavy atom. The molecule has 3 atom stereocenters. The number of benzene rings is 1. The quantitative estimate of drug-likeness (QED) is 0.399. The van der Waals surface area contributed by atoms with Gasteiger partial charge >= 0.3 is 0 Å². The van der Waals surface area contributed by atoms with Crippen molar-refractivity contribution in [3.63, 3.8) is 0 Å². The van der Waals surface area contributed by atoms with Gasteiger partial charge in [-0.1, -0.05) is 19.1 Å². The fourth-order valence-electron chi connectivity index (χ4n) is 4.67. The second-order valence-electron chi connectivity index (χ2n) is 9.24. The van der Waals surface area contributed by atoms with Crippen molar-refractivity contribution in [1.82, 2.24) is 14.3 Å². The van der Waals surface area contributed by atoms with E-state index in [-0.39, 0.29) is 33.9 Å². The summed E-state index contributed by atoms with van der Waals surface area (Å²) in [6.45, 7) is 2.07. The van der Waals surface area contributed by atoms with Gasteiger partial charge in [0.15, 0.2) is 0 Å². The Morgan fingerprint density at radius 1 is 1.41 bits per heavy atom. The first-order valence-electron chi connectivity index (χ1n) is 11.9. The van der Waals surface area contributed by atoms with E-state index in [0.717, 1.165) is 24.7 Å². The molecule has 3 heterocycles. The second kappa shape index (κ2) is 10.7. The second-order valence-corrected chi connectivity index (χ2v) is 11.0. The van der Waals surface area contributed by atoms with E-state index in [1.54, 1.807) is 26.4 Å². The molecule has 3 N–H and O–H groups in total. The molecule has 0 bridgehead atoms. The van der Waals surface area contributed by atoms with Crippen molar-refractivity contribution in [1.29, 1.82) is 10.0 Å². The van der Waals surface area contributed by atoms with Crippen LogP contribution in [0.2, 0.25) is 0 Å². The Hall–Kier alpha value is -3.75. The minimum Gasteiger partial charge on any atom is -0.497 e. The number of methoxy groups -OCH3 is 1. The predicted molar refractivity (Wildman–Crippen MR) is 137 cm³/mol. The third kappa shape index (κ3) is 5.81. The number of ether oxygens (including phenoxy) is 1. The topological polar surface area (TPSA) is 133 Å². The summed E-state index contributed by atoms with van der Waals surface area (Å²) in [5.74, 6) is -0.495. The van der Waals surface area contributed by atoms with Crippen LogP contribution in [0.15, 0.2) is 47.5 Å². The molecule has 0 fully saturated rings. The number of aromatic nitrogens is 2. The molecule has 194 valence electrons. The average Bonchev–Trinajstić information content (AvgIpc) is 3.15. The lowest BCUT2D eigenvalue weighted by Gasteiger charge is -2.24. The summed E-state index contributed by atoms with van der Waals surface area (Å²) in [4.78, 5) is 16.9. The van der Waals surface area contributed by atoms with E-state index >= 15 is 0 Å². The maximum Gasteiger partial charge on any atom is 0.272 e. The number of pyridine rings is 1. The monoisotopic (exact) mass is 524 g/mol. The molecule has 0 radical (unpaired) electrons. The number of fused-ring (bicyclic) bond motifs is 1. The van der Waals surface area contributed by atoms with Gasteiger partial charge < -0.3 is 14.6 Å².